The van der Waals surface area contributed by atoms with Crippen LogP contribution < -0.4 is 20.9 Å². The predicted octanol–water partition coefficient (Wildman–Crippen LogP) is 1.71. The molecule has 0 saturated carbocycles. The number of nitrogens with one attached hydrogen (secondary N) is 1. The maximum Gasteiger partial charge on any atom is 0.256 e. The summed E-state index contributed by atoms with van der Waals surface area (Å²) in [6.07, 6.45) is 3.30. The number of nitrogens with two attached hydrogens (primary N) is 1. The van der Waals surface area contributed by atoms with Gasteiger partial charge in [0.2, 0.25) is 5.95 Å². The quantitative estimate of drug-likeness (QED) is 0.685. The summed E-state index contributed by atoms with van der Waals surface area (Å²) in [4.78, 5) is 29.9. The van der Waals surface area contributed by atoms with E-state index in [2.05, 4.69) is 30.1 Å². The summed E-state index contributed by atoms with van der Waals surface area (Å²) in [6.45, 7) is 3.58. The van der Waals surface area contributed by atoms with Crippen molar-refractivity contribution in [2.24, 2.45) is 0 Å². The van der Waals surface area contributed by atoms with Gasteiger partial charge in [0.05, 0.1) is 5.56 Å². The lowest BCUT2D eigenvalue weighted by atomic mass is 10.2. The Morgan fingerprint density at radius 2 is 1.69 bits per heavy atom. The van der Waals surface area contributed by atoms with Crippen LogP contribution in [-0.4, -0.2) is 47.0 Å². The number of rotatable bonds is 5. The van der Waals surface area contributed by atoms with Crippen molar-refractivity contribution in [3.8, 4) is 0 Å². The van der Waals surface area contributed by atoms with Crippen LogP contribution in [0.15, 0.2) is 60.9 Å². The normalized spacial score (nSPS) is 13.9. The van der Waals surface area contributed by atoms with Crippen LogP contribution in [0.4, 0.5) is 17.6 Å². The van der Waals surface area contributed by atoms with Gasteiger partial charge < -0.3 is 20.9 Å². The Morgan fingerprint density at radius 1 is 0.966 bits per heavy atom. The van der Waals surface area contributed by atoms with Crippen LogP contribution in [0.1, 0.15) is 15.9 Å². The predicted molar refractivity (Wildman–Crippen MR) is 113 cm³/mol. The van der Waals surface area contributed by atoms with E-state index in [9.17, 15) is 4.79 Å². The molecule has 4 rings (SSSR count). The molecule has 3 heterocycles. The second-order valence-electron chi connectivity index (χ2n) is 6.80. The first-order chi connectivity index (χ1) is 14.2. The van der Waals surface area contributed by atoms with Gasteiger partial charge in [-0.3, -0.25) is 4.79 Å². The molecule has 29 heavy (non-hydrogen) atoms. The number of hydrogen-bond donors (Lipinski definition) is 2. The number of benzene rings is 1. The highest BCUT2D eigenvalue weighted by atomic mass is 16.1. The number of aromatic nitrogens is 3. The molecule has 0 spiro atoms. The molecule has 3 aromatic rings. The van der Waals surface area contributed by atoms with Crippen LogP contribution >= 0.6 is 0 Å². The second-order valence-corrected chi connectivity index (χ2v) is 6.80. The first kappa shape index (κ1) is 18.7. The zero-order valence-corrected chi connectivity index (χ0v) is 16.0. The molecule has 0 aliphatic carbocycles. The summed E-state index contributed by atoms with van der Waals surface area (Å²) < 4.78 is 0. The van der Waals surface area contributed by atoms with Gasteiger partial charge in [0, 0.05) is 45.1 Å². The molecule has 1 amide bonds. The highest BCUT2D eigenvalue weighted by Gasteiger charge is 2.21. The Kier molecular flexibility index (Phi) is 5.51. The second kappa shape index (κ2) is 8.55. The highest BCUT2D eigenvalue weighted by molar-refractivity contribution is 5.98. The van der Waals surface area contributed by atoms with Crippen molar-refractivity contribution in [1.29, 1.82) is 0 Å². The molecule has 0 atom stereocenters. The lowest BCUT2D eigenvalue weighted by Gasteiger charge is -2.35. The highest BCUT2D eigenvalue weighted by Crippen LogP contribution is 2.18. The number of carbonyl (C=O) groups is 1. The maximum absolute atomic E-state index is 12.4. The summed E-state index contributed by atoms with van der Waals surface area (Å²) >= 11 is 0. The van der Waals surface area contributed by atoms with E-state index in [4.69, 9.17) is 5.73 Å². The van der Waals surface area contributed by atoms with Gasteiger partial charge in [0.15, 0.2) is 0 Å². The molecule has 1 aromatic carbocycles. The van der Waals surface area contributed by atoms with Gasteiger partial charge in [-0.15, -0.1) is 0 Å². The maximum atomic E-state index is 12.4. The number of nitrogen functional groups attached to an aromatic ring is 1. The van der Waals surface area contributed by atoms with Gasteiger partial charge in [0.25, 0.3) is 5.91 Å². The van der Waals surface area contributed by atoms with Crippen LogP contribution in [0.2, 0.25) is 0 Å². The molecule has 1 aliphatic rings. The molecular weight excluding hydrogens is 366 g/mol. The van der Waals surface area contributed by atoms with Crippen molar-refractivity contribution in [2.45, 2.75) is 6.54 Å². The molecule has 1 saturated heterocycles. The molecule has 0 bridgehead atoms. The minimum Gasteiger partial charge on any atom is -0.383 e. The van der Waals surface area contributed by atoms with E-state index in [1.54, 1.807) is 6.20 Å². The molecular formula is C21H23N7O. The van der Waals surface area contributed by atoms with Gasteiger partial charge in [-0.05, 0) is 17.7 Å². The van der Waals surface area contributed by atoms with Crippen molar-refractivity contribution in [3.63, 3.8) is 0 Å². The summed E-state index contributed by atoms with van der Waals surface area (Å²) in [5, 5.41) is 2.85. The van der Waals surface area contributed by atoms with Crippen LogP contribution in [0.5, 0.6) is 0 Å². The molecule has 1 aliphatic heterocycles. The Labute approximate surface area is 169 Å². The van der Waals surface area contributed by atoms with E-state index < -0.39 is 0 Å². The average molecular weight is 389 g/mol. The molecule has 0 radical (unpaired) electrons. The lowest BCUT2D eigenvalue weighted by Crippen LogP contribution is -2.47. The first-order valence-electron chi connectivity index (χ1n) is 9.56. The number of piperazine rings is 1. The molecule has 0 unspecified atom stereocenters. The van der Waals surface area contributed by atoms with Crippen molar-refractivity contribution >= 4 is 23.5 Å². The van der Waals surface area contributed by atoms with Gasteiger partial charge in [-0.1, -0.05) is 36.4 Å². The van der Waals surface area contributed by atoms with Crippen molar-refractivity contribution in [1.82, 2.24) is 20.3 Å². The minimum absolute atomic E-state index is 0.188. The van der Waals surface area contributed by atoms with Crippen LogP contribution in [0.3, 0.4) is 0 Å². The van der Waals surface area contributed by atoms with Crippen molar-refractivity contribution < 1.29 is 4.79 Å². The van der Waals surface area contributed by atoms with E-state index in [0.717, 1.165) is 37.6 Å². The first-order valence-corrected chi connectivity index (χ1v) is 9.56. The fourth-order valence-electron chi connectivity index (χ4n) is 3.26. The number of carbonyl (C=O) groups excluding carboxylic acids is 1. The largest absolute Gasteiger partial charge is 0.383 e. The molecule has 8 heteroatoms. The SMILES string of the molecule is Nc1nc(N2CCN(c3ccccn3)CC2)ncc1C(=O)NCc1ccccc1. The fraction of sp³-hybridized carbons (Fsp3) is 0.238. The average Bonchev–Trinajstić information content (AvgIpc) is 2.79. The molecule has 148 valence electrons. The van der Waals surface area contributed by atoms with E-state index in [1.807, 2.05) is 48.5 Å². The molecule has 3 N–H and O–H groups in total. The number of nitrogens with zero attached hydrogens (tertiary/aromatic N) is 5. The Bertz CT molecular complexity index is 957. The van der Waals surface area contributed by atoms with Crippen molar-refractivity contribution in [2.75, 3.05) is 41.7 Å². The monoisotopic (exact) mass is 389 g/mol. The third-order valence-electron chi connectivity index (χ3n) is 4.88. The summed E-state index contributed by atoms with van der Waals surface area (Å²) in [6, 6.07) is 15.6. The van der Waals surface area contributed by atoms with E-state index in [-0.39, 0.29) is 17.3 Å². The van der Waals surface area contributed by atoms with Gasteiger partial charge in [-0.2, -0.15) is 4.98 Å². The standard InChI is InChI=1S/C21H23N7O/c22-19-17(20(29)24-14-16-6-2-1-3-7-16)15-25-21(26-19)28-12-10-27(11-13-28)18-8-4-5-9-23-18/h1-9,15H,10-14H2,(H,24,29)(H2,22,25,26). The zero-order valence-electron chi connectivity index (χ0n) is 16.0. The van der Waals surface area contributed by atoms with E-state index >= 15 is 0 Å². The topological polar surface area (TPSA) is 100 Å². The third-order valence-corrected chi connectivity index (χ3v) is 4.88. The molecule has 8 nitrogen and oxygen atoms in total. The Morgan fingerprint density at radius 3 is 2.38 bits per heavy atom. The number of pyridine rings is 1. The number of amides is 1. The van der Waals surface area contributed by atoms with Gasteiger partial charge in [-0.25, -0.2) is 9.97 Å². The smallest absolute Gasteiger partial charge is 0.256 e. The van der Waals surface area contributed by atoms with Crippen LogP contribution in [0, 0.1) is 0 Å². The fourth-order valence-corrected chi connectivity index (χ4v) is 3.26. The molecule has 2 aromatic heterocycles. The molecule has 1 fully saturated rings. The Balaban J connectivity index is 1.37. The summed E-state index contributed by atoms with van der Waals surface area (Å²) in [5.41, 5.74) is 7.36. The van der Waals surface area contributed by atoms with Crippen molar-refractivity contribution in [3.05, 3.63) is 72.1 Å². The van der Waals surface area contributed by atoms with E-state index in [1.165, 1.54) is 6.20 Å². The minimum atomic E-state index is -0.280. The number of anilines is 3. The lowest BCUT2D eigenvalue weighted by molar-refractivity contribution is 0.0951. The van der Waals surface area contributed by atoms with Gasteiger partial charge >= 0.3 is 0 Å². The Hall–Kier alpha value is -3.68. The van der Waals surface area contributed by atoms with Crippen LogP contribution in [0.25, 0.3) is 0 Å². The summed E-state index contributed by atoms with van der Waals surface area (Å²) in [7, 11) is 0. The summed E-state index contributed by atoms with van der Waals surface area (Å²) in [5.74, 6) is 1.42. The van der Waals surface area contributed by atoms with Gasteiger partial charge in [0.1, 0.15) is 11.6 Å². The third kappa shape index (κ3) is 4.43. The van der Waals surface area contributed by atoms with E-state index in [0.29, 0.717) is 12.5 Å². The number of hydrogen-bond acceptors (Lipinski definition) is 7. The van der Waals surface area contributed by atoms with Crippen LogP contribution in [-0.2, 0) is 6.54 Å². The zero-order chi connectivity index (χ0) is 20.1.